The van der Waals surface area contributed by atoms with Crippen LogP contribution < -0.4 is 0 Å². The highest BCUT2D eigenvalue weighted by atomic mass is 35.5. The van der Waals surface area contributed by atoms with Gasteiger partial charge in [-0.2, -0.15) is 0 Å². The topological polar surface area (TPSA) is 0 Å². The summed E-state index contributed by atoms with van der Waals surface area (Å²) in [5, 5.41) is 0. The van der Waals surface area contributed by atoms with Crippen molar-refractivity contribution in [3.05, 3.63) is 65.7 Å². The number of thioether (sulfide) groups is 1. The first kappa shape index (κ1) is 12.8. The van der Waals surface area contributed by atoms with Crippen molar-refractivity contribution in [2.75, 3.05) is 6.26 Å². The molecular weight excluding hydrogens is 271 g/mol. The van der Waals surface area contributed by atoms with E-state index in [0.29, 0.717) is 0 Å². The molecular formula is C14H12Cl2S. The van der Waals surface area contributed by atoms with Gasteiger partial charge < -0.3 is 0 Å². The fourth-order valence-corrected chi connectivity index (χ4v) is 3.06. The first-order valence-corrected chi connectivity index (χ1v) is 7.21. The van der Waals surface area contributed by atoms with E-state index in [0.717, 1.165) is 16.0 Å². The molecule has 0 nitrogen and oxygen atoms in total. The average molecular weight is 283 g/mol. The summed E-state index contributed by atoms with van der Waals surface area (Å²) in [7, 11) is 0. The van der Waals surface area contributed by atoms with Crippen LogP contribution in [0.2, 0.25) is 0 Å². The fourth-order valence-electron chi connectivity index (χ4n) is 1.71. The number of halogens is 2. The van der Waals surface area contributed by atoms with Crippen LogP contribution in [0.4, 0.5) is 0 Å². The van der Waals surface area contributed by atoms with Crippen LogP contribution in [0.5, 0.6) is 0 Å². The number of hydrogen-bond acceptors (Lipinski definition) is 1. The van der Waals surface area contributed by atoms with Crippen molar-refractivity contribution in [3.8, 4) is 0 Å². The van der Waals surface area contributed by atoms with E-state index in [4.69, 9.17) is 23.2 Å². The Bertz CT molecular complexity index is 495. The van der Waals surface area contributed by atoms with Gasteiger partial charge in [0.1, 0.15) is 0 Å². The van der Waals surface area contributed by atoms with Gasteiger partial charge >= 0.3 is 0 Å². The van der Waals surface area contributed by atoms with Gasteiger partial charge in [0, 0.05) is 10.5 Å². The van der Waals surface area contributed by atoms with Gasteiger partial charge in [-0.3, -0.25) is 0 Å². The number of rotatable bonds is 3. The third-order valence-corrected chi connectivity index (χ3v) is 4.22. The smallest absolute Gasteiger partial charge is 0.129 e. The zero-order valence-electron chi connectivity index (χ0n) is 9.36. The van der Waals surface area contributed by atoms with Crippen LogP contribution in [0, 0.1) is 0 Å². The second kappa shape index (κ2) is 5.34. The first-order chi connectivity index (χ1) is 8.16. The standard InChI is InChI=1S/C14H12Cl2S/c1-17-13-10-6-5-9-12(13)14(15,16)11-7-3-2-4-8-11/h2-10H,1H3. The van der Waals surface area contributed by atoms with Gasteiger partial charge in [0.2, 0.25) is 0 Å². The summed E-state index contributed by atoms with van der Waals surface area (Å²) in [6.07, 6.45) is 2.02. The van der Waals surface area contributed by atoms with Crippen molar-refractivity contribution in [1.82, 2.24) is 0 Å². The van der Waals surface area contributed by atoms with E-state index in [1.165, 1.54) is 0 Å². The Morgan fingerprint density at radius 1 is 0.882 bits per heavy atom. The number of alkyl halides is 2. The van der Waals surface area contributed by atoms with Crippen LogP contribution in [-0.2, 0) is 4.33 Å². The molecule has 2 rings (SSSR count). The van der Waals surface area contributed by atoms with E-state index in [2.05, 4.69) is 0 Å². The van der Waals surface area contributed by atoms with Gasteiger partial charge in [0.25, 0.3) is 0 Å². The van der Waals surface area contributed by atoms with Crippen molar-refractivity contribution in [2.45, 2.75) is 9.23 Å². The maximum Gasteiger partial charge on any atom is 0.169 e. The van der Waals surface area contributed by atoms with Gasteiger partial charge in [-0.15, -0.1) is 11.8 Å². The van der Waals surface area contributed by atoms with Crippen molar-refractivity contribution < 1.29 is 0 Å². The molecule has 17 heavy (non-hydrogen) atoms. The van der Waals surface area contributed by atoms with Gasteiger partial charge in [0.05, 0.1) is 0 Å². The van der Waals surface area contributed by atoms with Crippen molar-refractivity contribution in [3.63, 3.8) is 0 Å². The van der Waals surface area contributed by atoms with Crippen molar-refractivity contribution in [2.24, 2.45) is 0 Å². The van der Waals surface area contributed by atoms with Gasteiger partial charge in [-0.1, -0.05) is 71.7 Å². The molecule has 0 spiro atoms. The molecule has 2 aromatic carbocycles. The predicted molar refractivity (Wildman–Crippen MR) is 77.2 cm³/mol. The Morgan fingerprint density at radius 2 is 1.47 bits per heavy atom. The summed E-state index contributed by atoms with van der Waals surface area (Å²) in [6, 6.07) is 17.7. The zero-order valence-corrected chi connectivity index (χ0v) is 11.7. The lowest BCUT2D eigenvalue weighted by Gasteiger charge is -2.22. The molecule has 0 saturated carbocycles. The van der Waals surface area contributed by atoms with E-state index >= 15 is 0 Å². The molecule has 0 aliphatic carbocycles. The molecule has 0 unspecified atom stereocenters. The Kier molecular flexibility index (Phi) is 4.03. The molecule has 0 saturated heterocycles. The van der Waals surface area contributed by atoms with Crippen LogP contribution >= 0.6 is 35.0 Å². The molecule has 2 aromatic rings. The summed E-state index contributed by atoms with van der Waals surface area (Å²) in [5.41, 5.74) is 1.83. The zero-order chi connectivity index (χ0) is 12.3. The second-order valence-electron chi connectivity index (χ2n) is 3.64. The van der Waals surface area contributed by atoms with E-state index in [-0.39, 0.29) is 0 Å². The Labute approximate surface area is 116 Å². The van der Waals surface area contributed by atoms with Crippen LogP contribution in [0.1, 0.15) is 11.1 Å². The SMILES string of the molecule is CSc1ccccc1C(Cl)(Cl)c1ccccc1. The molecule has 0 fully saturated rings. The molecule has 0 amide bonds. The molecule has 0 aliphatic heterocycles. The quantitative estimate of drug-likeness (QED) is 0.558. The summed E-state index contributed by atoms with van der Waals surface area (Å²) in [4.78, 5) is 1.10. The highest BCUT2D eigenvalue weighted by Crippen LogP contribution is 2.44. The lowest BCUT2D eigenvalue weighted by Crippen LogP contribution is -2.13. The molecule has 0 bridgehead atoms. The van der Waals surface area contributed by atoms with E-state index < -0.39 is 4.33 Å². The largest absolute Gasteiger partial charge is 0.169 e. The monoisotopic (exact) mass is 282 g/mol. The van der Waals surface area contributed by atoms with Crippen LogP contribution in [0.3, 0.4) is 0 Å². The highest BCUT2D eigenvalue weighted by Gasteiger charge is 2.30. The minimum atomic E-state index is -0.999. The van der Waals surface area contributed by atoms with E-state index in [9.17, 15) is 0 Å². The van der Waals surface area contributed by atoms with E-state index in [1.807, 2.05) is 60.9 Å². The second-order valence-corrected chi connectivity index (χ2v) is 5.82. The Hall–Kier alpha value is -0.630. The molecule has 88 valence electrons. The minimum absolute atomic E-state index is 0.893. The lowest BCUT2D eigenvalue weighted by molar-refractivity contribution is 0.996. The lowest BCUT2D eigenvalue weighted by atomic mass is 10.0. The maximum atomic E-state index is 6.52. The third kappa shape index (κ3) is 2.62. The summed E-state index contributed by atoms with van der Waals surface area (Å²) < 4.78 is -0.999. The van der Waals surface area contributed by atoms with Crippen molar-refractivity contribution >= 4 is 35.0 Å². The Morgan fingerprint density at radius 3 is 2.12 bits per heavy atom. The molecule has 0 aromatic heterocycles. The molecule has 0 heterocycles. The minimum Gasteiger partial charge on any atom is -0.129 e. The average Bonchev–Trinajstić information content (AvgIpc) is 2.39. The summed E-state index contributed by atoms with van der Waals surface area (Å²) >= 11 is 14.7. The molecule has 0 atom stereocenters. The molecule has 0 radical (unpaired) electrons. The predicted octanol–water partition coefficient (Wildman–Crippen LogP) is 5.09. The fraction of sp³-hybridized carbons (Fsp3) is 0.143. The molecule has 3 heteroatoms. The van der Waals surface area contributed by atoms with Gasteiger partial charge in [0.15, 0.2) is 4.33 Å². The number of hydrogen-bond donors (Lipinski definition) is 0. The molecule has 0 N–H and O–H groups in total. The van der Waals surface area contributed by atoms with Gasteiger partial charge in [-0.25, -0.2) is 0 Å². The highest BCUT2D eigenvalue weighted by molar-refractivity contribution is 7.98. The normalized spacial score (nSPS) is 11.5. The van der Waals surface area contributed by atoms with Crippen LogP contribution in [-0.4, -0.2) is 6.26 Å². The van der Waals surface area contributed by atoms with Crippen LogP contribution in [0.25, 0.3) is 0 Å². The molecule has 0 aliphatic rings. The third-order valence-electron chi connectivity index (χ3n) is 2.58. The van der Waals surface area contributed by atoms with E-state index in [1.54, 1.807) is 11.8 Å². The van der Waals surface area contributed by atoms with Crippen LogP contribution in [0.15, 0.2) is 59.5 Å². The summed E-state index contributed by atoms with van der Waals surface area (Å²) in [6.45, 7) is 0. The first-order valence-electron chi connectivity index (χ1n) is 5.23. The van der Waals surface area contributed by atoms with Crippen molar-refractivity contribution in [1.29, 1.82) is 0 Å². The summed E-state index contributed by atoms with van der Waals surface area (Å²) in [5.74, 6) is 0. The van der Waals surface area contributed by atoms with Gasteiger partial charge in [-0.05, 0) is 17.9 Å². The Balaban J connectivity index is 2.51. The maximum absolute atomic E-state index is 6.52. The number of benzene rings is 2.